The van der Waals surface area contributed by atoms with Crippen molar-refractivity contribution >= 4 is 0 Å². The van der Waals surface area contributed by atoms with E-state index >= 15 is 0 Å². The molecule has 1 fully saturated rings. The Bertz CT molecular complexity index is 219. The second-order valence-corrected chi connectivity index (χ2v) is 5.10. The van der Waals surface area contributed by atoms with Crippen molar-refractivity contribution in [2.45, 2.75) is 53.4 Å². The zero-order valence-corrected chi connectivity index (χ0v) is 10.6. The Morgan fingerprint density at radius 3 is 2.40 bits per heavy atom. The predicted molar refractivity (Wildman–Crippen MR) is 62.7 cm³/mol. The molecule has 0 unspecified atom stereocenters. The van der Waals surface area contributed by atoms with E-state index < -0.39 is 0 Å². The maximum atomic E-state index is 5.73. The van der Waals surface area contributed by atoms with E-state index in [0.717, 1.165) is 13.0 Å². The van der Waals surface area contributed by atoms with Gasteiger partial charge in [0.2, 0.25) is 0 Å². The minimum Gasteiger partial charge on any atom is -0.346 e. The first-order chi connectivity index (χ1) is 7.00. The van der Waals surface area contributed by atoms with Crippen LogP contribution in [0, 0.1) is 11.8 Å². The van der Waals surface area contributed by atoms with E-state index in [9.17, 15) is 0 Å². The Morgan fingerprint density at radius 1 is 1.33 bits per heavy atom. The van der Waals surface area contributed by atoms with Crippen LogP contribution in [-0.4, -0.2) is 19.0 Å². The summed E-state index contributed by atoms with van der Waals surface area (Å²) in [6.45, 7) is 11.6. The third kappa shape index (κ3) is 3.96. The lowest BCUT2D eigenvalue weighted by Gasteiger charge is -2.18. The van der Waals surface area contributed by atoms with Crippen LogP contribution in [0.5, 0.6) is 0 Å². The van der Waals surface area contributed by atoms with Crippen molar-refractivity contribution in [3.05, 3.63) is 11.6 Å². The van der Waals surface area contributed by atoms with Crippen molar-refractivity contribution in [1.29, 1.82) is 0 Å². The van der Waals surface area contributed by atoms with Crippen molar-refractivity contribution in [3.8, 4) is 0 Å². The monoisotopic (exact) mass is 212 g/mol. The summed E-state index contributed by atoms with van der Waals surface area (Å²) in [5.41, 5.74) is 1.30. The average Bonchev–Trinajstić information content (AvgIpc) is 2.51. The molecule has 1 rings (SSSR count). The van der Waals surface area contributed by atoms with E-state index in [1.165, 1.54) is 5.57 Å². The van der Waals surface area contributed by atoms with E-state index in [0.29, 0.717) is 11.8 Å². The lowest BCUT2D eigenvalue weighted by Crippen LogP contribution is -2.17. The average molecular weight is 212 g/mol. The quantitative estimate of drug-likeness (QED) is 0.665. The van der Waals surface area contributed by atoms with Gasteiger partial charge in [0, 0.05) is 0 Å². The molecule has 88 valence electrons. The molecule has 0 aromatic carbocycles. The Balaban J connectivity index is 2.61. The molecule has 2 heteroatoms. The molecule has 0 radical (unpaired) electrons. The highest BCUT2D eigenvalue weighted by Crippen LogP contribution is 2.25. The fourth-order valence-electron chi connectivity index (χ4n) is 1.66. The van der Waals surface area contributed by atoms with Crippen LogP contribution in [0.25, 0.3) is 0 Å². The van der Waals surface area contributed by atoms with Gasteiger partial charge in [0.1, 0.15) is 0 Å². The first kappa shape index (κ1) is 12.7. The van der Waals surface area contributed by atoms with Crippen LogP contribution in [0.2, 0.25) is 0 Å². The second-order valence-electron chi connectivity index (χ2n) is 5.10. The molecule has 0 N–H and O–H groups in total. The van der Waals surface area contributed by atoms with Crippen LogP contribution < -0.4 is 0 Å². The Kier molecular flexibility index (Phi) is 4.81. The third-order valence-electron chi connectivity index (χ3n) is 2.60. The van der Waals surface area contributed by atoms with Crippen molar-refractivity contribution in [2.24, 2.45) is 11.8 Å². The molecule has 15 heavy (non-hydrogen) atoms. The van der Waals surface area contributed by atoms with Gasteiger partial charge in [-0.3, -0.25) is 0 Å². The fraction of sp³-hybridized carbons (Fsp3) is 0.846. The molecule has 2 atom stereocenters. The highest BCUT2D eigenvalue weighted by molar-refractivity contribution is 5.09. The lowest BCUT2D eigenvalue weighted by atomic mass is 9.99. The zero-order chi connectivity index (χ0) is 11.4. The predicted octanol–water partition coefficient (Wildman–Crippen LogP) is 3.38. The summed E-state index contributed by atoms with van der Waals surface area (Å²) >= 11 is 0. The van der Waals surface area contributed by atoms with Crippen LogP contribution in [0.3, 0.4) is 0 Å². The third-order valence-corrected chi connectivity index (χ3v) is 2.60. The molecular weight excluding hydrogens is 188 g/mol. The fourth-order valence-corrected chi connectivity index (χ4v) is 1.66. The molecule has 0 aromatic rings. The van der Waals surface area contributed by atoms with Gasteiger partial charge in [-0.25, -0.2) is 0 Å². The maximum absolute atomic E-state index is 5.73. The molecule has 2 nitrogen and oxygen atoms in total. The topological polar surface area (TPSA) is 18.5 Å². The molecule has 0 aliphatic carbocycles. The lowest BCUT2D eigenvalue weighted by molar-refractivity contribution is -0.0308. The molecule has 1 aliphatic rings. The maximum Gasteiger partial charge on any atom is 0.180 e. The molecule has 0 amide bonds. The van der Waals surface area contributed by atoms with Crippen molar-refractivity contribution in [2.75, 3.05) is 6.61 Å². The summed E-state index contributed by atoms with van der Waals surface area (Å²) in [5, 5.41) is 0. The van der Waals surface area contributed by atoms with Crippen LogP contribution in [0.15, 0.2) is 11.6 Å². The van der Waals surface area contributed by atoms with Crippen LogP contribution >= 0.6 is 0 Å². The van der Waals surface area contributed by atoms with Crippen LogP contribution in [-0.2, 0) is 9.47 Å². The Morgan fingerprint density at radius 2 is 2.00 bits per heavy atom. The summed E-state index contributed by atoms with van der Waals surface area (Å²) in [4.78, 5) is 0. The van der Waals surface area contributed by atoms with E-state index in [1.54, 1.807) is 0 Å². The first-order valence-electron chi connectivity index (χ1n) is 5.97. The summed E-state index contributed by atoms with van der Waals surface area (Å²) in [6, 6.07) is 0. The zero-order valence-electron chi connectivity index (χ0n) is 10.6. The van der Waals surface area contributed by atoms with Gasteiger partial charge in [0.15, 0.2) is 6.29 Å². The van der Waals surface area contributed by atoms with Gasteiger partial charge in [-0.2, -0.15) is 0 Å². The summed E-state index contributed by atoms with van der Waals surface area (Å²) in [7, 11) is 0. The standard InChI is InChI=1S/C13H24O2/c1-9(2)6-7-12(10(3)4)13-14-8-11(5)15-13/h7,9-11,13H,6,8H2,1-5H3/b12-7-/t11-,13+/m0/s1. The number of ether oxygens (including phenoxy) is 2. The number of hydrogen-bond acceptors (Lipinski definition) is 2. The highest BCUT2D eigenvalue weighted by atomic mass is 16.7. The van der Waals surface area contributed by atoms with Crippen molar-refractivity contribution in [1.82, 2.24) is 0 Å². The molecule has 0 bridgehead atoms. The van der Waals surface area contributed by atoms with Gasteiger partial charge >= 0.3 is 0 Å². The van der Waals surface area contributed by atoms with Crippen molar-refractivity contribution < 1.29 is 9.47 Å². The normalized spacial score (nSPS) is 28.1. The van der Waals surface area contributed by atoms with Gasteiger partial charge in [-0.05, 0) is 30.8 Å². The molecule has 0 spiro atoms. The van der Waals surface area contributed by atoms with Gasteiger partial charge in [0.05, 0.1) is 12.7 Å². The molecular formula is C13H24O2. The first-order valence-corrected chi connectivity index (χ1v) is 5.97. The van der Waals surface area contributed by atoms with Gasteiger partial charge in [-0.15, -0.1) is 0 Å². The van der Waals surface area contributed by atoms with E-state index in [1.807, 2.05) is 0 Å². The summed E-state index contributed by atoms with van der Waals surface area (Å²) in [5.74, 6) is 1.19. The van der Waals surface area contributed by atoms with Gasteiger partial charge in [0.25, 0.3) is 0 Å². The van der Waals surface area contributed by atoms with E-state index in [-0.39, 0.29) is 12.4 Å². The van der Waals surface area contributed by atoms with Crippen LogP contribution in [0.4, 0.5) is 0 Å². The molecule has 1 saturated heterocycles. The van der Waals surface area contributed by atoms with E-state index in [4.69, 9.17) is 9.47 Å². The van der Waals surface area contributed by atoms with Crippen molar-refractivity contribution in [3.63, 3.8) is 0 Å². The highest BCUT2D eigenvalue weighted by Gasteiger charge is 2.27. The van der Waals surface area contributed by atoms with E-state index in [2.05, 4.69) is 40.7 Å². The minimum absolute atomic E-state index is 0.0984. The smallest absolute Gasteiger partial charge is 0.180 e. The van der Waals surface area contributed by atoms with Gasteiger partial charge < -0.3 is 9.47 Å². The largest absolute Gasteiger partial charge is 0.346 e. The number of hydrogen-bond donors (Lipinski definition) is 0. The van der Waals surface area contributed by atoms with Gasteiger partial charge in [-0.1, -0.05) is 33.8 Å². The minimum atomic E-state index is -0.0984. The SMILES string of the molecule is CC(C)C/C=C(/C(C)C)[C@@H]1OC[C@H](C)O1. The molecule has 0 saturated carbocycles. The Hall–Kier alpha value is -0.340. The second kappa shape index (κ2) is 5.66. The number of allylic oxidation sites excluding steroid dienone is 1. The molecule has 1 aliphatic heterocycles. The molecule has 0 aromatic heterocycles. The Labute approximate surface area is 93.7 Å². The summed E-state index contributed by atoms with van der Waals surface area (Å²) < 4.78 is 11.4. The van der Waals surface area contributed by atoms with Crippen LogP contribution in [0.1, 0.15) is 41.0 Å². The number of rotatable bonds is 4. The molecule has 1 heterocycles. The summed E-state index contributed by atoms with van der Waals surface area (Å²) in [6.07, 6.45) is 3.53.